The van der Waals surface area contributed by atoms with Gasteiger partial charge in [-0.15, -0.1) is 0 Å². The number of rotatable bonds is 3. The minimum absolute atomic E-state index is 0.0693. The molecule has 5 nitrogen and oxygen atoms in total. The topological polar surface area (TPSA) is 69.2 Å². The van der Waals surface area contributed by atoms with Crippen LogP contribution >= 0.6 is 0 Å². The molecule has 0 unspecified atom stereocenters. The van der Waals surface area contributed by atoms with E-state index in [1.165, 1.54) is 24.3 Å². The zero-order chi connectivity index (χ0) is 15.7. The summed E-state index contributed by atoms with van der Waals surface area (Å²) in [6.45, 7) is 0. The van der Waals surface area contributed by atoms with Crippen molar-refractivity contribution in [3.8, 4) is 11.8 Å². The summed E-state index contributed by atoms with van der Waals surface area (Å²) in [7, 11) is -3.35. The maximum Gasteiger partial charge on any atom is 0.433 e. The highest BCUT2D eigenvalue weighted by molar-refractivity contribution is 7.90. The molecule has 0 aliphatic carbocycles. The molecule has 1 heterocycles. The number of benzene rings is 1. The largest absolute Gasteiger partial charge is 0.433 e. The van der Waals surface area contributed by atoms with Crippen LogP contribution in [0.1, 0.15) is 5.69 Å². The van der Waals surface area contributed by atoms with Gasteiger partial charge in [-0.05, 0) is 30.3 Å². The number of alkyl halides is 3. The van der Waals surface area contributed by atoms with Crippen molar-refractivity contribution in [2.75, 3.05) is 6.26 Å². The monoisotopic (exact) mass is 318 g/mol. The number of halogens is 3. The van der Waals surface area contributed by atoms with Gasteiger partial charge in [0.05, 0.1) is 4.90 Å². The average molecular weight is 318 g/mol. The first-order chi connectivity index (χ1) is 9.66. The van der Waals surface area contributed by atoms with Crippen LogP contribution in [0.25, 0.3) is 0 Å². The molecular weight excluding hydrogens is 309 g/mol. The van der Waals surface area contributed by atoms with Gasteiger partial charge in [0.1, 0.15) is 5.75 Å². The Balaban J connectivity index is 2.23. The second-order valence-electron chi connectivity index (χ2n) is 4.07. The van der Waals surface area contributed by atoms with Crippen LogP contribution in [-0.4, -0.2) is 24.6 Å². The van der Waals surface area contributed by atoms with Crippen LogP contribution in [0, 0.1) is 0 Å². The molecule has 21 heavy (non-hydrogen) atoms. The number of hydrogen-bond acceptors (Lipinski definition) is 5. The summed E-state index contributed by atoms with van der Waals surface area (Å²) in [6.07, 6.45) is -2.63. The van der Waals surface area contributed by atoms with Gasteiger partial charge in [-0.1, -0.05) is 0 Å². The predicted octanol–water partition coefficient (Wildman–Crippen LogP) is 2.69. The first-order valence-corrected chi connectivity index (χ1v) is 7.43. The van der Waals surface area contributed by atoms with Crippen LogP contribution in [0.3, 0.4) is 0 Å². The molecule has 0 amide bonds. The van der Waals surface area contributed by atoms with E-state index in [1.54, 1.807) is 0 Å². The summed E-state index contributed by atoms with van der Waals surface area (Å²) >= 11 is 0. The smallest absolute Gasteiger partial charge is 0.424 e. The number of sulfone groups is 1. The molecule has 0 aliphatic heterocycles. The Morgan fingerprint density at radius 3 is 2.24 bits per heavy atom. The Kier molecular flexibility index (Phi) is 3.86. The summed E-state index contributed by atoms with van der Waals surface area (Å²) in [5.74, 6) is 0.127. The van der Waals surface area contributed by atoms with Crippen molar-refractivity contribution < 1.29 is 26.3 Å². The molecule has 2 rings (SSSR count). The average Bonchev–Trinajstić information content (AvgIpc) is 2.37. The number of hydrogen-bond donors (Lipinski definition) is 0. The van der Waals surface area contributed by atoms with Gasteiger partial charge in [-0.2, -0.15) is 18.2 Å². The molecule has 0 spiro atoms. The fraction of sp³-hybridized carbons (Fsp3) is 0.167. The fourth-order valence-corrected chi connectivity index (χ4v) is 2.04. The summed E-state index contributed by atoms with van der Waals surface area (Å²) in [5, 5.41) is 0. The Hall–Kier alpha value is -2.16. The van der Waals surface area contributed by atoms with E-state index in [0.717, 1.165) is 18.5 Å². The van der Waals surface area contributed by atoms with Crippen LogP contribution in [0.2, 0.25) is 0 Å². The maximum atomic E-state index is 12.5. The van der Waals surface area contributed by atoms with Crippen molar-refractivity contribution in [3.63, 3.8) is 0 Å². The molecule has 0 N–H and O–H groups in total. The van der Waals surface area contributed by atoms with Gasteiger partial charge in [0.25, 0.3) is 0 Å². The van der Waals surface area contributed by atoms with Crippen LogP contribution in [-0.2, 0) is 16.0 Å². The second-order valence-corrected chi connectivity index (χ2v) is 6.08. The molecule has 1 aromatic heterocycles. The summed E-state index contributed by atoms with van der Waals surface area (Å²) in [6, 6.07) is 5.41. The molecule has 0 saturated carbocycles. The molecule has 0 radical (unpaired) electrons. The Bertz CT molecular complexity index is 743. The predicted molar refractivity (Wildman–Crippen MR) is 66.7 cm³/mol. The normalized spacial score (nSPS) is 12.2. The lowest BCUT2D eigenvalue weighted by molar-refractivity contribution is -0.141. The third-order valence-electron chi connectivity index (χ3n) is 2.38. The Morgan fingerprint density at radius 2 is 1.71 bits per heavy atom. The lowest BCUT2D eigenvalue weighted by Crippen LogP contribution is -2.08. The van der Waals surface area contributed by atoms with Crippen LogP contribution in [0.15, 0.2) is 41.4 Å². The first-order valence-electron chi connectivity index (χ1n) is 5.54. The minimum Gasteiger partial charge on any atom is -0.424 e. The van der Waals surface area contributed by atoms with E-state index < -0.39 is 27.7 Å². The highest BCUT2D eigenvalue weighted by atomic mass is 32.2. The standard InChI is InChI=1S/C12H9F3N2O3S/c1-21(18,19)9-4-2-8(3-5-9)20-11-16-7-6-10(17-11)12(13,14)15/h2-7H,1H3. The van der Waals surface area contributed by atoms with Crippen molar-refractivity contribution >= 4 is 9.84 Å². The van der Waals surface area contributed by atoms with Crippen molar-refractivity contribution in [2.45, 2.75) is 11.1 Å². The minimum atomic E-state index is -4.60. The molecule has 1 aromatic carbocycles. The zero-order valence-corrected chi connectivity index (χ0v) is 11.4. The van der Waals surface area contributed by atoms with Crippen LogP contribution in [0.4, 0.5) is 13.2 Å². The quantitative estimate of drug-likeness (QED) is 0.870. The maximum absolute atomic E-state index is 12.5. The van der Waals surface area contributed by atoms with E-state index in [2.05, 4.69) is 9.97 Å². The number of aromatic nitrogens is 2. The molecule has 2 aromatic rings. The molecule has 0 fully saturated rings. The van der Waals surface area contributed by atoms with Gasteiger partial charge in [-0.3, -0.25) is 0 Å². The number of ether oxygens (including phenoxy) is 1. The van der Waals surface area contributed by atoms with Gasteiger partial charge in [-0.25, -0.2) is 13.4 Å². The van der Waals surface area contributed by atoms with Gasteiger partial charge in [0.2, 0.25) is 0 Å². The molecule has 112 valence electrons. The molecule has 0 saturated heterocycles. The highest BCUT2D eigenvalue weighted by Crippen LogP contribution is 2.29. The van der Waals surface area contributed by atoms with Crippen LogP contribution in [0.5, 0.6) is 11.8 Å². The van der Waals surface area contributed by atoms with Gasteiger partial charge < -0.3 is 4.74 Å². The third kappa shape index (κ3) is 3.91. The molecule has 0 atom stereocenters. The SMILES string of the molecule is CS(=O)(=O)c1ccc(Oc2nccc(C(F)(F)F)n2)cc1. The van der Waals surface area contributed by atoms with E-state index in [9.17, 15) is 21.6 Å². The van der Waals surface area contributed by atoms with E-state index >= 15 is 0 Å². The fourth-order valence-electron chi connectivity index (χ4n) is 1.41. The third-order valence-corrected chi connectivity index (χ3v) is 3.51. The van der Waals surface area contributed by atoms with Crippen molar-refractivity contribution in [2.24, 2.45) is 0 Å². The van der Waals surface area contributed by atoms with E-state index in [-0.39, 0.29) is 10.6 Å². The molecular formula is C12H9F3N2O3S. The number of nitrogens with zero attached hydrogens (tertiary/aromatic N) is 2. The summed E-state index contributed by atoms with van der Waals surface area (Å²) < 4.78 is 65.0. The molecule has 9 heteroatoms. The van der Waals surface area contributed by atoms with Crippen LogP contribution < -0.4 is 4.74 Å². The molecule has 0 aliphatic rings. The van der Waals surface area contributed by atoms with E-state index in [1.807, 2.05) is 0 Å². The van der Waals surface area contributed by atoms with E-state index in [4.69, 9.17) is 4.74 Å². The first kappa shape index (κ1) is 15.2. The summed E-state index contributed by atoms with van der Waals surface area (Å²) in [5.41, 5.74) is -1.12. The summed E-state index contributed by atoms with van der Waals surface area (Å²) in [4.78, 5) is 6.87. The Labute approximate surface area is 118 Å². The zero-order valence-electron chi connectivity index (χ0n) is 10.6. The lowest BCUT2D eigenvalue weighted by atomic mass is 10.3. The van der Waals surface area contributed by atoms with Crippen molar-refractivity contribution in [3.05, 3.63) is 42.2 Å². The Morgan fingerprint density at radius 1 is 1.10 bits per heavy atom. The van der Waals surface area contributed by atoms with Gasteiger partial charge in [0, 0.05) is 12.5 Å². The molecule has 0 bridgehead atoms. The second kappa shape index (κ2) is 5.32. The van der Waals surface area contributed by atoms with Crippen molar-refractivity contribution in [1.82, 2.24) is 9.97 Å². The van der Waals surface area contributed by atoms with Gasteiger partial charge >= 0.3 is 12.2 Å². The lowest BCUT2D eigenvalue weighted by Gasteiger charge is -2.08. The van der Waals surface area contributed by atoms with Crippen molar-refractivity contribution in [1.29, 1.82) is 0 Å². The van der Waals surface area contributed by atoms with Gasteiger partial charge in [0.15, 0.2) is 15.5 Å². The highest BCUT2D eigenvalue weighted by Gasteiger charge is 2.33. The van der Waals surface area contributed by atoms with E-state index in [0.29, 0.717) is 0 Å².